The van der Waals surface area contributed by atoms with E-state index in [2.05, 4.69) is 55.8 Å². The maximum absolute atomic E-state index is 14.0. The average molecular weight is 911 g/mol. The van der Waals surface area contributed by atoms with Crippen LogP contribution in [0.15, 0.2) is 89.6 Å². The number of nitro benzene ring substituents is 1. The zero-order valence-corrected chi connectivity index (χ0v) is 36.8. The molecule has 2 amide bonds. The number of benzene rings is 3. The van der Waals surface area contributed by atoms with Crippen LogP contribution in [0.3, 0.4) is 0 Å². The number of carbonyl (C=O) groups is 2. The van der Waals surface area contributed by atoms with Crippen molar-refractivity contribution in [2.45, 2.75) is 44.0 Å². The highest BCUT2D eigenvalue weighted by Crippen LogP contribution is 2.44. The van der Waals surface area contributed by atoms with E-state index >= 15 is 0 Å². The van der Waals surface area contributed by atoms with Crippen molar-refractivity contribution in [3.05, 3.63) is 111 Å². The summed E-state index contributed by atoms with van der Waals surface area (Å²) in [5.74, 6) is -0.700. The number of hydrogen-bond donors (Lipinski definition) is 3. The molecule has 334 valence electrons. The number of anilines is 2. The van der Waals surface area contributed by atoms with Crippen LogP contribution in [0.2, 0.25) is 5.02 Å². The summed E-state index contributed by atoms with van der Waals surface area (Å²) in [7, 11) is -4.71. The Morgan fingerprint density at radius 2 is 1.84 bits per heavy atom. The van der Waals surface area contributed by atoms with E-state index in [1.54, 1.807) is 24.4 Å². The summed E-state index contributed by atoms with van der Waals surface area (Å²) in [5.41, 5.74) is 4.98. The number of piperazine rings is 1. The van der Waals surface area contributed by atoms with Gasteiger partial charge in [-0.05, 0) is 72.2 Å². The lowest BCUT2D eigenvalue weighted by Gasteiger charge is -2.39. The van der Waals surface area contributed by atoms with Gasteiger partial charge in [-0.2, -0.15) is 0 Å². The summed E-state index contributed by atoms with van der Waals surface area (Å²) >= 11 is 6.24. The van der Waals surface area contributed by atoms with Crippen molar-refractivity contribution in [3.8, 4) is 17.2 Å². The topological polar surface area (TPSA) is 202 Å². The van der Waals surface area contributed by atoms with Crippen LogP contribution < -0.4 is 24.4 Å². The lowest BCUT2D eigenvalue weighted by atomic mass is 9.72. The Bertz CT molecular complexity index is 2790. The SMILES string of the molecule is CC1(C)CCC(CN2CCN(c3ccc(C(=O)NS(=O)(=O)c4cc5c(c([N+](=O)[O-])c4)N[C@@H](CN4CCOC4=O)CO5)c(Oc4cnc5[nH]ccc5c4)c3)CC2)=C(c2ccc(Cl)cc2)C1. The van der Waals surface area contributed by atoms with E-state index in [1.807, 2.05) is 18.2 Å². The summed E-state index contributed by atoms with van der Waals surface area (Å²) in [5, 5.41) is 16.8. The van der Waals surface area contributed by atoms with Crippen molar-refractivity contribution in [2.75, 3.05) is 69.2 Å². The Morgan fingerprint density at radius 1 is 1.05 bits per heavy atom. The fourth-order valence-electron chi connectivity index (χ4n) is 8.74. The minimum atomic E-state index is -4.71. The Labute approximate surface area is 374 Å². The van der Waals surface area contributed by atoms with E-state index in [0.29, 0.717) is 31.0 Å². The van der Waals surface area contributed by atoms with Gasteiger partial charge in [-0.15, -0.1) is 0 Å². The fourth-order valence-corrected chi connectivity index (χ4v) is 9.87. The number of nitrogens with zero attached hydrogens (tertiary/aromatic N) is 5. The van der Waals surface area contributed by atoms with Crippen LogP contribution in [-0.2, 0) is 14.8 Å². The van der Waals surface area contributed by atoms with Crippen LogP contribution >= 0.6 is 11.6 Å². The molecule has 0 saturated carbocycles. The molecule has 9 rings (SSSR count). The largest absolute Gasteiger partial charge is 0.489 e. The third kappa shape index (κ3) is 9.16. The third-order valence-corrected chi connectivity index (χ3v) is 13.8. The van der Waals surface area contributed by atoms with Crippen LogP contribution in [0.4, 0.5) is 21.9 Å². The van der Waals surface area contributed by atoms with Crippen molar-refractivity contribution in [2.24, 2.45) is 5.41 Å². The summed E-state index contributed by atoms with van der Waals surface area (Å²) in [6.45, 7) is 9.24. The Balaban J connectivity index is 0.942. The number of halogens is 1. The Kier molecular flexibility index (Phi) is 11.6. The van der Waals surface area contributed by atoms with E-state index in [1.165, 1.54) is 33.9 Å². The van der Waals surface area contributed by atoms with E-state index in [0.717, 1.165) is 67.1 Å². The molecule has 3 N–H and O–H groups in total. The molecule has 0 bridgehead atoms. The van der Waals surface area contributed by atoms with E-state index < -0.39 is 43.6 Å². The molecule has 3 aliphatic heterocycles. The van der Waals surface area contributed by atoms with Gasteiger partial charge in [0.15, 0.2) is 11.4 Å². The van der Waals surface area contributed by atoms with Crippen molar-refractivity contribution in [1.29, 1.82) is 0 Å². The molecule has 1 atom stereocenters. The highest BCUT2D eigenvalue weighted by atomic mass is 35.5. The molecule has 0 radical (unpaired) electrons. The summed E-state index contributed by atoms with van der Waals surface area (Å²) in [6.07, 6.45) is 5.89. The minimum Gasteiger partial charge on any atom is -0.489 e. The normalized spacial score (nSPS) is 18.9. The quantitative estimate of drug-likeness (QED) is 0.0824. The van der Waals surface area contributed by atoms with Crippen LogP contribution in [-0.4, -0.2) is 110 Å². The number of nitro groups is 1. The lowest BCUT2D eigenvalue weighted by Crippen LogP contribution is -2.47. The molecule has 5 heterocycles. The average Bonchev–Trinajstić information content (AvgIpc) is 3.92. The van der Waals surface area contributed by atoms with Gasteiger partial charge in [-0.3, -0.25) is 19.8 Å². The van der Waals surface area contributed by atoms with Crippen LogP contribution in [0.1, 0.15) is 49.0 Å². The van der Waals surface area contributed by atoms with Gasteiger partial charge < -0.3 is 34.3 Å². The smallest absolute Gasteiger partial charge is 0.410 e. The van der Waals surface area contributed by atoms with Gasteiger partial charge in [0, 0.05) is 79.8 Å². The van der Waals surface area contributed by atoms with Gasteiger partial charge in [0.25, 0.3) is 21.6 Å². The van der Waals surface area contributed by atoms with E-state index in [4.69, 9.17) is 25.8 Å². The molecule has 1 aliphatic carbocycles. The number of sulfonamides is 1. The van der Waals surface area contributed by atoms with Crippen LogP contribution in [0, 0.1) is 15.5 Å². The predicted octanol–water partition coefficient (Wildman–Crippen LogP) is 7.45. The van der Waals surface area contributed by atoms with Gasteiger partial charge in [0.1, 0.15) is 30.4 Å². The second-order valence-corrected chi connectivity index (χ2v) is 19.4. The molecule has 0 unspecified atom stereocenters. The van der Waals surface area contributed by atoms with Crippen molar-refractivity contribution >= 4 is 67.3 Å². The molecular weight excluding hydrogens is 864 g/mol. The molecule has 64 heavy (non-hydrogen) atoms. The monoisotopic (exact) mass is 910 g/mol. The highest BCUT2D eigenvalue weighted by Gasteiger charge is 2.35. The number of aromatic nitrogens is 2. The van der Waals surface area contributed by atoms with Crippen LogP contribution in [0.5, 0.6) is 17.2 Å². The maximum Gasteiger partial charge on any atom is 0.410 e. The van der Waals surface area contributed by atoms with Gasteiger partial charge in [0.05, 0.1) is 34.2 Å². The van der Waals surface area contributed by atoms with Crippen molar-refractivity contribution in [3.63, 3.8) is 0 Å². The Hall–Kier alpha value is -6.37. The number of ether oxygens (including phenoxy) is 3. The highest BCUT2D eigenvalue weighted by molar-refractivity contribution is 7.90. The number of allylic oxidation sites excluding steroid dienone is 1. The van der Waals surface area contributed by atoms with Crippen LogP contribution in [0.25, 0.3) is 16.6 Å². The van der Waals surface area contributed by atoms with E-state index in [9.17, 15) is 28.1 Å². The maximum atomic E-state index is 14.0. The number of amides is 2. The molecular formula is C45H47ClN8O9S. The predicted molar refractivity (Wildman–Crippen MR) is 241 cm³/mol. The number of cyclic esters (lactones) is 1. The molecule has 3 aromatic carbocycles. The minimum absolute atomic E-state index is 0.0167. The molecule has 17 nitrogen and oxygen atoms in total. The number of pyridine rings is 1. The molecule has 2 aromatic heterocycles. The standard InChI is InChI=1S/C45H47ClN8O9S/c1-45(2)11-9-30(37(23-45)28-3-5-31(46)6-4-28)25-51-13-15-52(16-14-51)33-7-8-36(39(20-33)63-34-19-29-10-12-47-42(29)48-24-34)43(55)50-64(59,60)35-21-38(54(57)58)41-40(22-35)62-27-32(49-41)26-53-17-18-61-44(53)56/h3-8,10,12,19-22,24,32,49H,9,11,13-18,23,25-27H2,1-2H3,(H,47,48)(H,50,55)/t32-/m0/s1. The summed E-state index contributed by atoms with van der Waals surface area (Å²) in [4.78, 5) is 50.5. The van der Waals surface area contributed by atoms with Crippen molar-refractivity contribution < 1.29 is 37.1 Å². The van der Waals surface area contributed by atoms with Gasteiger partial charge in [-0.1, -0.05) is 43.2 Å². The third-order valence-electron chi connectivity index (χ3n) is 12.2. The summed E-state index contributed by atoms with van der Waals surface area (Å²) in [6, 6.07) is 18.1. The first kappa shape index (κ1) is 42.9. The number of hydrogen-bond acceptors (Lipinski definition) is 13. The van der Waals surface area contributed by atoms with E-state index in [-0.39, 0.29) is 47.9 Å². The van der Waals surface area contributed by atoms with Gasteiger partial charge in [-0.25, -0.2) is 22.9 Å². The second kappa shape index (κ2) is 17.3. The number of aromatic amines is 1. The van der Waals surface area contributed by atoms with Crippen molar-refractivity contribution in [1.82, 2.24) is 24.5 Å². The van der Waals surface area contributed by atoms with Gasteiger partial charge in [0.2, 0.25) is 0 Å². The number of nitrogens with one attached hydrogen (secondary N) is 3. The molecule has 19 heteroatoms. The Morgan fingerprint density at radius 3 is 2.59 bits per heavy atom. The number of rotatable bonds is 12. The molecule has 2 fully saturated rings. The number of carbonyl (C=O) groups excluding carboxylic acids is 2. The second-order valence-electron chi connectivity index (χ2n) is 17.3. The summed E-state index contributed by atoms with van der Waals surface area (Å²) < 4.78 is 46.9. The number of H-pyrrole nitrogens is 1. The lowest BCUT2D eigenvalue weighted by molar-refractivity contribution is -0.384. The molecule has 4 aliphatic rings. The molecule has 5 aromatic rings. The first-order valence-electron chi connectivity index (χ1n) is 21.1. The zero-order valence-electron chi connectivity index (χ0n) is 35.3. The molecule has 2 saturated heterocycles. The fraction of sp³-hybridized carbons (Fsp3) is 0.356. The van der Waals surface area contributed by atoms with Gasteiger partial charge >= 0.3 is 6.09 Å². The number of fused-ring (bicyclic) bond motifs is 2. The molecule has 0 spiro atoms. The first-order chi connectivity index (χ1) is 30.7. The first-order valence-corrected chi connectivity index (χ1v) is 22.9. The zero-order chi connectivity index (χ0) is 44.8.